The highest BCUT2D eigenvalue weighted by Gasteiger charge is 2.28. The summed E-state index contributed by atoms with van der Waals surface area (Å²) in [7, 11) is 1.77. The first-order valence-electron chi connectivity index (χ1n) is 7.59. The number of carbonyl (C=O) groups is 2. The van der Waals surface area contributed by atoms with Crippen molar-refractivity contribution in [3.63, 3.8) is 0 Å². The van der Waals surface area contributed by atoms with Crippen LogP contribution in [0.3, 0.4) is 0 Å². The zero-order chi connectivity index (χ0) is 17.2. The average Bonchev–Trinajstić information content (AvgIpc) is 2.84. The maximum Gasteiger partial charge on any atom is 0.348 e. The Morgan fingerprint density at radius 1 is 1.48 bits per heavy atom. The summed E-state index contributed by atoms with van der Waals surface area (Å²) >= 11 is 1.14. The van der Waals surface area contributed by atoms with E-state index in [0.29, 0.717) is 17.0 Å². The van der Waals surface area contributed by atoms with Crippen LogP contribution in [0.25, 0.3) is 0 Å². The second kappa shape index (κ2) is 6.63. The quantitative estimate of drug-likeness (QED) is 0.834. The van der Waals surface area contributed by atoms with Crippen LogP contribution in [-0.2, 0) is 4.79 Å². The SMILES string of the molecule is CN1CCCC(Nc2cc(C#CC(C)(C)C)sc2C(=O)O)C1=O. The Balaban J connectivity index is 2.26. The summed E-state index contributed by atoms with van der Waals surface area (Å²) in [5.74, 6) is 5.13. The number of piperidine rings is 1. The number of nitrogens with one attached hydrogen (secondary N) is 1. The first-order valence-corrected chi connectivity index (χ1v) is 8.41. The number of hydrogen-bond acceptors (Lipinski definition) is 4. The van der Waals surface area contributed by atoms with Crippen LogP contribution < -0.4 is 5.32 Å². The van der Waals surface area contributed by atoms with Gasteiger partial charge in [-0.25, -0.2) is 4.79 Å². The monoisotopic (exact) mass is 334 g/mol. The summed E-state index contributed by atoms with van der Waals surface area (Å²) in [5.41, 5.74) is 0.331. The molecule has 2 N–H and O–H groups in total. The lowest BCUT2D eigenvalue weighted by Gasteiger charge is -2.30. The predicted molar refractivity (Wildman–Crippen MR) is 91.9 cm³/mol. The van der Waals surface area contributed by atoms with Crippen LogP contribution >= 0.6 is 11.3 Å². The second-order valence-corrected chi connectivity index (χ2v) is 7.81. The smallest absolute Gasteiger partial charge is 0.348 e. The molecule has 0 spiro atoms. The Morgan fingerprint density at radius 3 is 2.78 bits per heavy atom. The fourth-order valence-corrected chi connectivity index (χ4v) is 3.14. The van der Waals surface area contributed by atoms with E-state index in [4.69, 9.17) is 0 Å². The number of likely N-dealkylation sites (N-methyl/N-ethyl adjacent to an activating group) is 1. The highest BCUT2D eigenvalue weighted by atomic mass is 32.1. The van der Waals surface area contributed by atoms with Gasteiger partial charge in [-0.2, -0.15) is 0 Å². The molecule has 1 saturated heterocycles. The van der Waals surface area contributed by atoms with Crippen molar-refractivity contribution in [2.75, 3.05) is 18.9 Å². The zero-order valence-electron chi connectivity index (χ0n) is 13.9. The van der Waals surface area contributed by atoms with Gasteiger partial charge in [0.2, 0.25) is 5.91 Å². The van der Waals surface area contributed by atoms with E-state index in [2.05, 4.69) is 17.2 Å². The summed E-state index contributed by atoms with van der Waals surface area (Å²) in [5, 5.41) is 12.5. The van der Waals surface area contributed by atoms with Crippen LogP contribution in [0.5, 0.6) is 0 Å². The summed E-state index contributed by atoms with van der Waals surface area (Å²) < 4.78 is 0. The van der Waals surface area contributed by atoms with Crippen LogP contribution in [0, 0.1) is 17.3 Å². The van der Waals surface area contributed by atoms with Crippen LogP contribution in [0.1, 0.15) is 48.2 Å². The van der Waals surface area contributed by atoms with Crippen molar-refractivity contribution in [2.24, 2.45) is 5.41 Å². The van der Waals surface area contributed by atoms with Gasteiger partial charge >= 0.3 is 5.97 Å². The molecule has 124 valence electrons. The minimum Gasteiger partial charge on any atom is -0.477 e. The minimum atomic E-state index is -1.00. The molecule has 0 saturated carbocycles. The molecule has 1 aromatic heterocycles. The molecule has 1 fully saturated rings. The molecule has 1 aromatic rings. The van der Waals surface area contributed by atoms with E-state index >= 15 is 0 Å². The van der Waals surface area contributed by atoms with Gasteiger partial charge in [-0.05, 0) is 39.7 Å². The molecule has 0 aliphatic carbocycles. The van der Waals surface area contributed by atoms with E-state index < -0.39 is 5.97 Å². The van der Waals surface area contributed by atoms with Crippen LogP contribution in [0.15, 0.2) is 6.07 Å². The number of carboxylic acids is 1. The maximum absolute atomic E-state index is 12.2. The van der Waals surface area contributed by atoms with Gasteiger partial charge in [-0.15, -0.1) is 11.3 Å². The Hall–Kier alpha value is -2.00. The zero-order valence-corrected chi connectivity index (χ0v) is 14.7. The number of rotatable bonds is 3. The molecule has 1 amide bonds. The van der Waals surface area contributed by atoms with E-state index in [1.807, 2.05) is 20.8 Å². The molecule has 6 heteroatoms. The van der Waals surface area contributed by atoms with E-state index in [9.17, 15) is 14.7 Å². The Morgan fingerprint density at radius 2 is 2.17 bits per heavy atom. The number of hydrogen-bond donors (Lipinski definition) is 2. The Kier molecular flexibility index (Phi) is 5.00. The number of nitrogens with zero attached hydrogens (tertiary/aromatic N) is 1. The third-order valence-corrected chi connectivity index (χ3v) is 4.52. The largest absolute Gasteiger partial charge is 0.477 e. The van der Waals surface area contributed by atoms with Crippen molar-refractivity contribution in [2.45, 2.75) is 39.7 Å². The van der Waals surface area contributed by atoms with Crippen LogP contribution in [-0.4, -0.2) is 41.5 Å². The van der Waals surface area contributed by atoms with E-state index in [1.165, 1.54) is 0 Å². The molecule has 1 aliphatic rings. The second-order valence-electron chi connectivity index (χ2n) is 6.76. The molecule has 0 bridgehead atoms. The minimum absolute atomic E-state index is 0.00103. The van der Waals surface area contributed by atoms with Gasteiger partial charge in [-0.3, -0.25) is 4.79 Å². The number of anilines is 1. The standard InChI is InChI=1S/C17H22N2O3S/c1-17(2,3)8-7-11-10-13(14(23-11)16(21)22)18-12-6-5-9-19(4)15(12)20/h10,12,18H,5-6,9H2,1-4H3,(H,21,22). The van der Waals surface area contributed by atoms with E-state index in [-0.39, 0.29) is 22.2 Å². The third-order valence-electron chi connectivity index (χ3n) is 3.48. The number of aromatic carboxylic acids is 1. The molecule has 1 unspecified atom stereocenters. The highest BCUT2D eigenvalue weighted by Crippen LogP contribution is 2.29. The molecule has 0 aromatic carbocycles. The predicted octanol–water partition coefficient (Wildman–Crippen LogP) is 2.88. The fraction of sp³-hybridized carbons (Fsp3) is 0.529. The molecule has 23 heavy (non-hydrogen) atoms. The topological polar surface area (TPSA) is 69.6 Å². The summed E-state index contributed by atoms with van der Waals surface area (Å²) in [6, 6.07) is 1.36. The molecule has 2 rings (SSSR count). The molecule has 1 atom stereocenters. The number of thiophene rings is 1. The molecular weight excluding hydrogens is 312 g/mol. The van der Waals surface area contributed by atoms with Gasteiger partial charge in [-0.1, -0.05) is 11.8 Å². The van der Waals surface area contributed by atoms with Gasteiger partial charge in [0.15, 0.2) is 0 Å². The van der Waals surface area contributed by atoms with Crippen molar-refractivity contribution >= 4 is 28.9 Å². The lowest BCUT2D eigenvalue weighted by molar-refractivity contribution is -0.132. The van der Waals surface area contributed by atoms with Crippen molar-refractivity contribution < 1.29 is 14.7 Å². The molecule has 2 heterocycles. The Bertz CT molecular complexity index is 676. The summed E-state index contributed by atoms with van der Waals surface area (Å²) in [4.78, 5) is 26.2. The van der Waals surface area contributed by atoms with Crippen LogP contribution in [0.2, 0.25) is 0 Å². The molecule has 1 aliphatic heterocycles. The summed E-state index contributed by atoms with van der Waals surface area (Å²) in [6.45, 7) is 6.75. The lowest BCUT2D eigenvalue weighted by atomic mass is 9.98. The van der Waals surface area contributed by atoms with Gasteiger partial charge < -0.3 is 15.3 Å². The Labute approximate surface area is 140 Å². The van der Waals surface area contributed by atoms with Gasteiger partial charge in [0.1, 0.15) is 10.9 Å². The van der Waals surface area contributed by atoms with E-state index in [0.717, 1.165) is 24.3 Å². The van der Waals surface area contributed by atoms with Crippen molar-refractivity contribution in [1.82, 2.24) is 4.90 Å². The fourth-order valence-electron chi connectivity index (χ4n) is 2.32. The maximum atomic E-state index is 12.2. The first kappa shape index (κ1) is 17.4. The molecule has 0 radical (unpaired) electrons. The van der Waals surface area contributed by atoms with Crippen LogP contribution in [0.4, 0.5) is 5.69 Å². The average molecular weight is 334 g/mol. The van der Waals surface area contributed by atoms with Gasteiger partial charge in [0, 0.05) is 19.0 Å². The number of amides is 1. The highest BCUT2D eigenvalue weighted by molar-refractivity contribution is 7.15. The number of likely N-dealkylation sites (tertiary alicyclic amines) is 1. The van der Waals surface area contributed by atoms with Crippen molar-refractivity contribution in [3.8, 4) is 11.8 Å². The van der Waals surface area contributed by atoms with Crippen molar-refractivity contribution in [1.29, 1.82) is 0 Å². The lowest BCUT2D eigenvalue weighted by Crippen LogP contribution is -2.45. The summed E-state index contributed by atoms with van der Waals surface area (Å²) in [6.07, 6.45) is 1.62. The van der Waals surface area contributed by atoms with E-state index in [1.54, 1.807) is 18.0 Å². The normalized spacial score (nSPS) is 18.3. The van der Waals surface area contributed by atoms with Gasteiger partial charge in [0.05, 0.1) is 10.6 Å². The molecule has 5 nitrogen and oxygen atoms in total. The number of carboxylic acid groups (broad SMARTS) is 1. The first-order chi connectivity index (χ1) is 10.7. The number of carbonyl (C=O) groups excluding carboxylic acids is 1. The van der Waals surface area contributed by atoms with Gasteiger partial charge in [0.25, 0.3) is 0 Å². The molecular formula is C17H22N2O3S. The third kappa shape index (κ3) is 4.49. The van der Waals surface area contributed by atoms with Crippen molar-refractivity contribution in [3.05, 3.63) is 15.8 Å².